The van der Waals surface area contributed by atoms with Gasteiger partial charge in [0.1, 0.15) is 18.5 Å². The summed E-state index contributed by atoms with van der Waals surface area (Å²) in [5, 5.41) is 23.9. The van der Waals surface area contributed by atoms with Gasteiger partial charge < -0.3 is 34.6 Å². The second-order valence-corrected chi connectivity index (χ2v) is 10.9. The van der Waals surface area contributed by atoms with Gasteiger partial charge in [0.2, 0.25) is 11.8 Å². The fourth-order valence-corrected chi connectivity index (χ4v) is 6.58. The van der Waals surface area contributed by atoms with Crippen molar-refractivity contribution in [1.82, 2.24) is 10.2 Å². The number of aliphatic hydroxyl groups is 2. The Morgan fingerprint density at radius 2 is 1.95 bits per heavy atom. The molecule has 5 rings (SSSR count). The minimum atomic E-state index is -1.13. The van der Waals surface area contributed by atoms with E-state index in [1.165, 1.54) is 7.11 Å². The molecule has 2 aliphatic carbocycles. The van der Waals surface area contributed by atoms with Crippen molar-refractivity contribution in [2.45, 2.75) is 75.2 Å². The number of amides is 2. The molecular weight excluding hydrogens is 504 g/mol. The molecular formula is C29H38N2O8. The van der Waals surface area contributed by atoms with Gasteiger partial charge in [-0.15, -0.1) is 0 Å². The zero-order valence-corrected chi connectivity index (χ0v) is 22.3. The molecule has 0 bridgehead atoms. The van der Waals surface area contributed by atoms with Crippen LogP contribution in [0.15, 0.2) is 23.8 Å². The second-order valence-electron chi connectivity index (χ2n) is 10.9. The minimum Gasteiger partial charge on any atom is -0.493 e. The molecule has 1 saturated carbocycles. The summed E-state index contributed by atoms with van der Waals surface area (Å²) < 4.78 is 17.3. The summed E-state index contributed by atoms with van der Waals surface area (Å²) in [6, 6.07) is 2.35. The number of nitrogens with one attached hydrogen (secondary N) is 1. The van der Waals surface area contributed by atoms with Gasteiger partial charge in [-0.1, -0.05) is 25.7 Å². The van der Waals surface area contributed by atoms with Crippen molar-refractivity contribution in [1.29, 1.82) is 0 Å². The highest BCUT2D eigenvalue weighted by atomic mass is 16.5. The van der Waals surface area contributed by atoms with E-state index < -0.39 is 30.1 Å². The zero-order valence-electron chi connectivity index (χ0n) is 22.3. The van der Waals surface area contributed by atoms with Crippen LogP contribution >= 0.6 is 0 Å². The molecule has 2 aliphatic heterocycles. The number of hydrogen-bond acceptors (Lipinski definition) is 8. The lowest BCUT2D eigenvalue weighted by molar-refractivity contribution is -0.145. The molecule has 10 heteroatoms. The number of nitrogens with zero attached hydrogens (tertiary/aromatic N) is 1. The molecule has 10 nitrogen and oxygen atoms in total. The Labute approximate surface area is 228 Å². The van der Waals surface area contributed by atoms with Crippen molar-refractivity contribution in [2.24, 2.45) is 5.92 Å². The van der Waals surface area contributed by atoms with Crippen molar-refractivity contribution in [3.8, 4) is 11.5 Å². The summed E-state index contributed by atoms with van der Waals surface area (Å²) in [5.74, 6) is -0.752. The number of carbonyl (C=O) groups is 3. The van der Waals surface area contributed by atoms with E-state index >= 15 is 0 Å². The summed E-state index contributed by atoms with van der Waals surface area (Å²) in [6.45, 7) is 0.688. The van der Waals surface area contributed by atoms with Gasteiger partial charge >= 0.3 is 0 Å². The number of aldehydes is 1. The number of hydrogen-bond donors (Lipinski definition) is 3. The number of methoxy groups -OCH3 is 1. The molecule has 0 radical (unpaired) electrons. The van der Waals surface area contributed by atoms with Gasteiger partial charge in [-0.2, -0.15) is 0 Å². The van der Waals surface area contributed by atoms with Crippen LogP contribution in [0.4, 0.5) is 0 Å². The predicted molar refractivity (Wildman–Crippen MR) is 141 cm³/mol. The maximum absolute atomic E-state index is 14.0. The lowest BCUT2D eigenvalue weighted by atomic mass is 9.76. The standard InChI is InChI=1S/C29H38N2O8/c1-37-23-13-17(15-33)12-20-24-21(28(35)30-9-10-32)14-22(25(34)27(24)39-26(20)23)31(19-6-4-2-3-5-7-19)29(36)18-8-11-38-16-18/h12-15,18-19,22,24-25,27,32,34H,2-11,16H2,1H3,(H,30,35). The second kappa shape index (κ2) is 12.1. The Kier molecular flexibility index (Phi) is 8.54. The van der Waals surface area contributed by atoms with Crippen molar-refractivity contribution in [3.05, 3.63) is 34.9 Å². The smallest absolute Gasteiger partial charge is 0.247 e. The van der Waals surface area contributed by atoms with Crippen molar-refractivity contribution >= 4 is 18.1 Å². The summed E-state index contributed by atoms with van der Waals surface area (Å²) in [6.07, 6.45) is 6.87. The van der Waals surface area contributed by atoms with E-state index in [-0.39, 0.29) is 31.0 Å². The lowest BCUT2D eigenvalue weighted by Crippen LogP contribution is -2.59. The van der Waals surface area contributed by atoms with Crippen LogP contribution in [-0.4, -0.2) is 91.0 Å². The summed E-state index contributed by atoms with van der Waals surface area (Å²) in [7, 11) is 1.47. The average molecular weight is 543 g/mol. The Morgan fingerprint density at radius 1 is 1.18 bits per heavy atom. The molecule has 2 heterocycles. The van der Waals surface area contributed by atoms with Crippen LogP contribution in [0.5, 0.6) is 11.5 Å². The fraction of sp³-hybridized carbons (Fsp3) is 0.621. The molecule has 5 atom stereocenters. The largest absolute Gasteiger partial charge is 0.493 e. The first-order valence-electron chi connectivity index (χ1n) is 14.0. The number of rotatable bonds is 8. The van der Waals surface area contributed by atoms with Crippen molar-refractivity contribution in [2.75, 3.05) is 33.5 Å². The molecule has 2 amide bonds. The molecule has 212 valence electrons. The number of benzene rings is 1. The van der Waals surface area contributed by atoms with Crippen LogP contribution in [0.1, 0.15) is 66.8 Å². The number of ether oxygens (including phenoxy) is 3. The molecule has 3 N–H and O–H groups in total. The molecule has 4 aliphatic rings. The monoisotopic (exact) mass is 542 g/mol. The van der Waals surface area contributed by atoms with Crippen LogP contribution in [0.25, 0.3) is 0 Å². The van der Waals surface area contributed by atoms with E-state index in [1.54, 1.807) is 18.2 Å². The van der Waals surface area contributed by atoms with Gasteiger partial charge in [-0.3, -0.25) is 14.4 Å². The first-order chi connectivity index (χ1) is 19.0. The van der Waals surface area contributed by atoms with Gasteiger partial charge in [0.25, 0.3) is 0 Å². The molecule has 1 aromatic rings. The van der Waals surface area contributed by atoms with Gasteiger partial charge in [-0.05, 0) is 37.5 Å². The van der Waals surface area contributed by atoms with E-state index in [2.05, 4.69) is 5.32 Å². The van der Waals surface area contributed by atoms with Crippen LogP contribution in [0.2, 0.25) is 0 Å². The van der Waals surface area contributed by atoms with Crippen LogP contribution in [-0.2, 0) is 14.3 Å². The van der Waals surface area contributed by atoms with Crippen molar-refractivity contribution in [3.63, 3.8) is 0 Å². The number of carbonyl (C=O) groups excluding carboxylic acids is 3. The van der Waals surface area contributed by atoms with Gasteiger partial charge in [0, 0.05) is 35.9 Å². The Bertz CT molecular complexity index is 1110. The lowest BCUT2D eigenvalue weighted by Gasteiger charge is -2.44. The highest BCUT2D eigenvalue weighted by molar-refractivity contribution is 5.96. The van der Waals surface area contributed by atoms with Crippen molar-refractivity contribution < 1.29 is 38.8 Å². The molecule has 39 heavy (non-hydrogen) atoms. The van der Waals surface area contributed by atoms with Crippen LogP contribution < -0.4 is 14.8 Å². The predicted octanol–water partition coefficient (Wildman–Crippen LogP) is 1.72. The van der Waals surface area contributed by atoms with E-state index in [0.717, 1.165) is 38.5 Å². The summed E-state index contributed by atoms with van der Waals surface area (Å²) in [4.78, 5) is 41.0. The zero-order chi connectivity index (χ0) is 27.5. The third kappa shape index (κ3) is 5.29. The van der Waals surface area contributed by atoms with Crippen LogP contribution in [0, 0.1) is 5.92 Å². The first-order valence-corrected chi connectivity index (χ1v) is 14.0. The topological polar surface area (TPSA) is 135 Å². The average Bonchev–Trinajstić information content (AvgIpc) is 3.55. The Hall–Kier alpha value is -2.95. The molecule has 1 aromatic carbocycles. The number of aliphatic hydroxyl groups excluding tert-OH is 2. The maximum atomic E-state index is 14.0. The van der Waals surface area contributed by atoms with Crippen LogP contribution in [0.3, 0.4) is 0 Å². The van der Waals surface area contributed by atoms with E-state index in [9.17, 15) is 24.6 Å². The Balaban J connectivity index is 1.60. The quantitative estimate of drug-likeness (QED) is 0.334. The highest BCUT2D eigenvalue weighted by Crippen LogP contribution is 2.51. The third-order valence-corrected chi connectivity index (χ3v) is 8.48. The third-order valence-electron chi connectivity index (χ3n) is 8.48. The number of fused-ring (bicyclic) bond motifs is 3. The maximum Gasteiger partial charge on any atom is 0.247 e. The fourth-order valence-electron chi connectivity index (χ4n) is 6.58. The van der Waals surface area contributed by atoms with Gasteiger partial charge in [0.05, 0.1) is 38.2 Å². The SMILES string of the molecule is COc1cc(C=O)cc2c1OC1C2C(C(=O)NCCO)=CC(N(C(=O)C2CCOC2)C2CCCCCC2)C1O. The van der Waals surface area contributed by atoms with E-state index in [4.69, 9.17) is 14.2 Å². The summed E-state index contributed by atoms with van der Waals surface area (Å²) in [5.41, 5.74) is 1.26. The Morgan fingerprint density at radius 3 is 2.59 bits per heavy atom. The molecule has 2 fully saturated rings. The minimum absolute atomic E-state index is 0.0525. The molecule has 1 saturated heterocycles. The molecule has 0 aromatic heterocycles. The highest BCUT2D eigenvalue weighted by Gasteiger charge is 2.52. The normalized spacial score (nSPS) is 28.4. The molecule has 5 unspecified atom stereocenters. The van der Waals surface area contributed by atoms with Gasteiger partial charge in [-0.25, -0.2) is 0 Å². The van der Waals surface area contributed by atoms with Gasteiger partial charge in [0.15, 0.2) is 11.5 Å². The first kappa shape index (κ1) is 27.6. The van der Waals surface area contributed by atoms with E-state index in [1.807, 2.05) is 4.90 Å². The summed E-state index contributed by atoms with van der Waals surface area (Å²) >= 11 is 0. The van der Waals surface area contributed by atoms with E-state index in [0.29, 0.717) is 54.1 Å². The molecule has 0 spiro atoms.